The highest BCUT2D eigenvalue weighted by Gasteiger charge is 2.37. The standard InChI is InChI=1S/C14H18O3S2/c1-10-2-6-14(7-3-10)19(15,16)17-11-8-12-4-5-13(9-11)18-12/h2-3,6-7,11-13H,4-5,8-9H2,1H3/t12-,13-/m0/s1. The molecule has 2 bridgehead atoms. The summed E-state index contributed by atoms with van der Waals surface area (Å²) in [5.74, 6) is 0. The van der Waals surface area contributed by atoms with Gasteiger partial charge in [0.1, 0.15) is 0 Å². The predicted octanol–water partition coefficient (Wildman–Crippen LogP) is 3.13. The number of aryl methyl sites for hydroxylation is 1. The van der Waals surface area contributed by atoms with Crippen molar-refractivity contribution in [1.82, 2.24) is 0 Å². The van der Waals surface area contributed by atoms with E-state index in [1.54, 1.807) is 24.3 Å². The quantitative estimate of drug-likeness (QED) is 0.804. The van der Waals surface area contributed by atoms with Gasteiger partial charge in [0, 0.05) is 10.5 Å². The van der Waals surface area contributed by atoms with Crippen LogP contribution in [0.1, 0.15) is 31.2 Å². The van der Waals surface area contributed by atoms with Crippen LogP contribution in [0.3, 0.4) is 0 Å². The van der Waals surface area contributed by atoms with Crippen LogP contribution < -0.4 is 0 Å². The summed E-state index contributed by atoms with van der Waals surface area (Å²) in [6.45, 7) is 1.94. The monoisotopic (exact) mass is 298 g/mol. The van der Waals surface area contributed by atoms with Gasteiger partial charge in [-0.3, -0.25) is 4.18 Å². The van der Waals surface area contributed by atoms with Gasteiger partial charge in [-0.25, -0.2) is 0 Å². The van der Waals surface area contributed by atoms with Gasteiger partial charge in [0.05, 0.1) is 11.0 Å². The van der Waals surface area contributed by atoms with E-state index in [-0.39, 0.29) is 11.0 Å². The molecule has 3 rings (SSSR count). The molecule has 0 aliphatic carbocycles. The second-order valence-electron chi connectivity index (χ2n) is 5.41. The summed E-state index contributed by atoms with van der Waals surface area (Å²) < 4.78 is 29.9. The average Bonchev–Trinajstić information content (AvgIpc) is 2.69. The van der Waals surface area contributed by atoms with Crippen molar-refractivity contribution in [2.75, 3.05) is 0 Å². The van der Waals surface area contributed by atoms with E-state index in [9.17, 15) is 8.42 Å². The van der Waals surface area contributed by atoms with Gasteiger partial charge >= 0.3 is 0 Å². The minimum atomic E-state index is -3.60. The summed E-state index contributed by atoms with van der Waals surface area (Å²) in [6.07, 6.45) is 4.02. The summed E-state index contributed by atoms with van der Waals surface area (Å²) >= 11 is 2.01. The van der Waals surface area contributed by atoms with E-state index in [1.807, 2.05) is 18.7 Å². The minimum Gasteiger partial charge on any atom is -0.263 e. The largest absolute Gasteiger partial charge is 0.297 e. The van der Waals surface area contributed by atoms with Gasteiger partial charge in [-0.05, 0) is 44.7 Å². The van der Waals surface area contributed by atoms with Gasteiger partial charge in [0.15, 0.2) is 0 Å². The molecule has 104 valence electrons. The number of benzene rings is 1. The molecule has 0 saturated carbocycles. The van der Waals surface area contributed by atoms with Crippen molar-refractivity contribution >= 4 is 21.9 Å². The molecule has 0 radical (unpaired) electrons. The third-order valence-corrected chi connectivity index (χ3v) is 6.82. The van der Waals surface area contributed by atoms with E-state index in [0.29, 0.717) is 10.5 Å². The van der Waals surface area contributed by atoms with Crippen LogP contribution >= 0.6 is 11.8 Å². The van der Waals surface area contributed by atoms with Crippen molar-refractivity contribution < 1.29 is 12.6 Å². The maximum atomic E-state index is 12.2. The molecule has 2 atom stereocenters. The van der Waals surface area contributed by atoms with Gasteiger partial charge in [0.25, 0.3) is 10.1 Å². The second-order valence-corrected chi connectivity index (χ2v) is 8.59. The molecule has 3 nitrogen and oxygen atoms in total. The maximum Gasteiger partial charge on any atom is 0.297 e. The van der Waals surface area contributed by atoms with Gasteiger partial charge < -0.3 is 0 Å². The summed E-state index contributed by atoms with van der Waals surface area (Å²) in [6, 6.07) is 6.85. The van der Waals surface area contributed by atoms with Crippen LogP contribution in [0, 0.1) is 6.92 Å². The molecule has 0 spiro atoms. The molecule has 0 N–H and O–H groups in total. The Hall–Kier alpha value is -0.520. The fraction of sp³-hybridized carbons (Fsp3) is 0.571. The first-order valence-corrected chi connectivity index (χ1v) is 9.03. The Labute approximate surface area is 118 Å². The maximum absolute atomic E-state index is 12.2. The molecule has 2 saturated heterocycles. The van der Waals surface area contributed by atoms with Crippen LogP contribution in [-0.2, 0) is 14.3 Å². The zero-order valence-corrected chi connectivity index (χ0v) is 12.5. The third kappa shape index (κ3) is 2.98. The van der Waals surface area contributed by atoms with E-state index in [4.69, 9.17) is 4.18 Å². The van der Waals surface area contributed by atoms with Crippen LogP contribution in [0.25, 0.3) is 0 Å². The fourth-order valence-corrected chi connectivity index (χ4v) is 5.66. The van der Waals surface area contributed by atoms with Crippen LogP contribution in [0.2, 0.25) is 0 Å². The molecule has 2 aliphatic heterocycles. The van der Waals surface area contributed by atoms with Crippen molar-refractivity contribution in [3.8, 4) is 0 Å². The van der Waals surface area contributed by atoms with E-state index in [1.165, 1.54) is 12.8 Å². The zero-order chi connectivity index (χ0) is 13.5. The molecule has 0 unspecified atom stereocenters. The molecule has 2 fully saturated rings. The molecule has 2 aliphatic rings. The first kappa shape index (κ1) is 13.5. The normalized spacial score (nSPS) is 30.5. The van der Waals surface area contributed by atoms with Crippen LogP contribution in [0.4, 0.5) is 0 Å². The van der Waals surface area contributed by atoms with E-state index in [0.717, 1.165) is 18.4 Å². The third-order valence-electron chi connectivity index (χ3n) is 3.82. The Kier molecular flexibility index (Phi) is 3.62. The number of fused-ring (bicyclic) bond motifs is 2. The predicted molar refractivity (Wildman–Crippen MR) is 76.9 cm³/mol. The molecular weight excluding hydrogens is 280 g/mol. The first-order chi connectivity index (χ1) is 9.03. The summed E-state index contributed by atoms with van der Waals surface area (Å²) in [4.78, 5) is 0.267. The molecule has 1 aromatic rings. The molecule has 1 aromatic carbocycles. The Balaban J connectivity index is 1.73. The SMILES string of the molecule is Cc1ccc(S(=O)(=O)OC2C[C@@H]3CC[C@@H](C2)S3)cc1. The van der Waals surface area contributed by atoms with E-state index >= 15 is 0 Å². The highest BCUT2D eigenvalue weighted by atomic mass is 32.2. The van der Waals surface area contributed by atoms with E-state index < -0.39 is 10.1 Å². The van der Waals surface area contributed by atoms with Crippen molar-refractivity contribution in [2.24, 2.45) is 0 Å². The summed E-state index contributed by atoms with van der Waals surface area (Å²) in [5, 5.41) is 1.19. The summed E-state index contributed by atoms with van der Waals surface area (Å²) in [7, 11) is -3.60. The zero-order valence-electron chi connectivity index (χ0n) is 10.9. The van der Waals surface area contributed by atoms with Crippen molar-refractivity contribution in [1.29, 1.82) is 0 Å². The molecule has 0 amide bonds. The fourth-order valence-electron chi connectivity index (χ4n) is 2.83. The van der Waals surface area contributed by atoms with Crippen molar-refractivity contribution in [3.05, 3.63) is 29.8 Å². The number of hydrogen-bond donors (Lipinski definition) is 0. The topological polar surface area (TPSA) is 43.4 Å². The van der Waals surface area contributed by atoms with Gasteiger partial charge in [-0.2, -0.15) is 20.2 Å². The number of rotatable bonds is 3. The minimum absolute atomic E-state index is 0.134. The van der Waals surface area contributed by atoms with Gasteiger partial charge in [-0.15, -0.1) is 0 Å². The lowest BCUT2D eigenvalue weighted by Gasteiger charge is -2.26. The molecular formula is C14H18O3S2. The Bertz CT molecular complexity index is 539. The Morgan fingerprint density at radius 3 is 2.26 bits per heavy atom. The lowest BCUT2D eigenvalue weighted by Crippen LogP contribution is -2.27. The van der Waals surface area contributed by atoms with Gasteiger partial charge in [-0.1, -0.05) is 17.7 Å². The highest BCUT2D eigenvalue weighted by molar-refractivity contribution is 8.00. The highest BCUT2D eigenvalue weighted by Crippen LogP contribution is 2.44. The second kappa shape index (κ2) is 5.11. The average molecular weight is 298 g/mol. The van der Waals surface area contributed by atoms with Crippen molar-refractivity contribution in [2.45, 2.75) is 54.1 Å². The molecule has 5 heteroatoms. The Morgan fingerprint density at radius 2 is 1.68 bits per heavy atom. The Morgan fingerprint density at radius 1 is 1.11 bits per heavy atom. The van der Waals surface area contributed by atoms with E-state index in [2.05, 4.69) is 0 Å². The van der Waals surface area contributed by atoms with Crippen molar-refractivity contribution in [3.63, 3.8) is 0 Å². The van der Waals surface area contributed by atoms with Crippen LogP contribution in [0.15, 0.2) is 29.2 Å². The van der Waals surface area contributed by atoms with Gasteiger partial charge in [0.2, 0.25) is 0 Å². The summed E-state index contributed by atoms with van der Waals surface area (Å²) in [5.41, 5.74) is 1.05. The number of hydrogen-bond acceptors (Lipinski definition) is 4. The smallest absolute Gasteiger partial charge is 0.263 e. The lowest BCUT2D eigenvalue weighted by atomic mass is 10.1. The molecule has 19 heavy (non-hydrogen) atoms. The lowest BCUT2D eigenvalue weighted by molar-refractivity contribution is 0.190. The van der Waals surface area contributed by atoms with Crippen LogP contribution in [0.5, 0.6) is 0 Å². The molecule has 0 aromatic heterocycles. The van der Waals surface area contributed by atoms with Crippen LogP contribution in [-0.4, -0.2) is 25.0 Å². The number of thioether (sulfide) groups is 1. The first-order valence-electron chi connectivity index (χ1n) is 6.68. The molecule has 2 heterocycles.